The number of benzene rings is 2. The summed E-state index contributed by atoms with van der Waals surface area (Å²) in [4.78, 5) is 9.65. The monoisotopic (exact) mass is 357 g/mol. The molecule has 4 aromatic rings. The van der Waals surface area contributed by atoms with Crippen LogP contribution in [0.3, 0.4) is 0 Å². The molecule has 1 aliphatic heterocycles. The molecule has 0 saturated heterocycles. The predicted molar refractivity (Wildman–Crippen MR) is 113 cm³/mol. The smallest absolute Gasteiger partial charge is 0.0459 e. The van der Waals surface area contributed by atoms with Gasteiger partial charge in [0.2, 0.25) is 0 Å². The SMILES string of the molecule is CCCC1Cc2cccc3[nH]cc(c23)CCN1Cc1c[nH]c2ccccc12. The first kappa shape index (κ1) is 16.6. The van der Waals surface area contributed by atoms with E-state index in [1.54, 1.807) is 0 Å². The third-order valence-corrected chi connectivity index (χ3v) is 6.18. The Morgan fingerprint density at radius 1 is 0.963 bits per heavy atom. The van der Waals surface area contributed by atoms with Gasteiger partial charge in [0, 0.05) is 53.3 Å². The zero-order valence-corrected chi connectivity index (χ0v) is 16.0. The number of aromatic nitrogens is 2. The van der Waals surface area contributed by atoms with E-state index in [2.05, 4.69) is 76.6 Å². The van der Waals surface area contributed by atoms with Crippen molar-refractivity contribution in [3.63, 3.8) is 0 Å². The van der Waals surface area contributed by atoms with Crippen LogP contribution in [0.2, 0.25) is 0 Å². The minimum Gasteiger partial charge on any atom is -0.361 e. The highest BCUT2D eigenvalue weighted by molar-refractivity contribution is 5.87. The Morgan fingerprint density at radius 2 is 1.81 bits per heavy atom. The first-order chi connectivity index (χ1) is 13.3. The second kappa shape index (κ2) is 6.90. The molecule has 0 aliphatic carbocycles. The maximum atomic E-state index is 3.48. The van der Waals surface area contributed by atoms with Gasteiger partial charge in [0.1, 0.15) is 0 Å². The van der Waals surface area contributed by atoms with E-state index in [-0.39, 0.29) is 0 Å². The molecule has 0 radical (unpaired) electrons. The Kier molecular flexibility index (Phi) is 4.25. The summed E-state index contributed by atoms with van der Waals surface area (Å²) < 4.78 is 0. The number of H-pyrrole nitrogens is 2. The molecule has 1 unspecified atom stereocenters. The number of fused-ring (bicyclic) bond motifs is 1. The van der Waals surface area contributed by atoms with E-state index < -0.39 is 0 Å². The van der Waals surface area contributed by atoms with E-state index in [9.17, 15) is 0 Å². The zero-order chi connectivity index (χ0) is 18.2. The molecule has 0 saturated carbocycles. The van der Waals surface area contributed by atoms with Crippen LogP contribution in [0.25, 0.3) is 21.8 Å². The molecule has 0 fully saturated rings. The minimum absolute atomic E-state index is 0.595. The van der Waals surface area contributed by atoms with Crippen molar-refractivity contribution in [2.24, 2.45) is 0 Å². The second-order valence-electron chi connectivity index (χ2n) is 7.88. The lowest BCUT2D eigenvalue weighted by Crippen LogP contribution is -2.38. The van der Waals surface area contributed by atoms with Crippen LogP contribution in [0.4, 0.5) is 0 Å². The maximum Gasteiger partial charge on any atom is 0.0459 e. The summed E-state index contributed by atoms with van der Waals surface area (Å²) in [7, 11) is 0. The molecule has 0 spiro atoms. The van der Waals surface area contributed by atoms with E-state index in [1.807, 2.05) is 0 Å². The normalized spacial score (nSPS) is 18.0. The first-order valence-corrected chi connectivity index (χ1v) is 10.2. The summed E-state index contributed by atoms with van der Waals surface area (Å²) in [5.74, 6) is 0. The number of hydrogen-bond donors (Lipinski definition) is 2. The molecule has 138 valence electrons. The first-order valence-electron chi connectivity index (χ1n) is 10.2. The summed E-state index contributed by atoms with van der Waals surface area (Å²) in [5.41, 5.74) is 6.93. The van der Waals surface area contributed by atoms with Crippen molar-refractivity contribution >= 4 is 21.8 Å². The van der Waals surface area contributed by atoms with E-state index in [0.717, 1.165) is 25.9 Å². The van der Waals surface area contributed by atoms with E-state index >= 15 is 0 Å². The van der Waals surface area contributed by atoms with Gasteiger partial charge in [-0.1, -0.05) is 43.7 Å². The third-order valence-electron chi connectivity index (χ3n) is 6.18. The number of hydrogen-bond acceptors (Lipinski definition) is 1. The largest absolute Gasteiger partial charge is 0.361 e. The van der Waals surface area contributed by atoms with Crippen molar-refractivity contribution in [1.29, 1.82) is 0 Å². The Morgan fingerprint density at radius 3 is 2.74 bits per heavy atom. The lowest BCUT2D eigenvalue weighted by Gasteiger charge is -2.33. The molecule has 3 nitrogen and oxygen atoms in total. The molecule has 5 rings (SSSR count). The quantitative estimate of drug-likeness (QED) is 0.502. The van der Waals surface area contributed by atoms with Crippen molar-refractivity contribution in [1.82, 2.24) is 14.9 Å². The van der Waals surface area contributed by atoms with Crippen LogP contribution >= 0.6 is 0 Å². The standard InChI is InChI=1S/C24H27N3/c1-2-6-20-13-17-7-5-10-23-24(17)18(14-26-23)11-12-27(20)16-19-15-25-22-9-4-3-8-21(19)22/h3-5,7-10,14-15,20,25-26H,2,6,11-13,16H2,1H3. The molecule has 3 heterocycles. The predicted octanol–water partition coefficient (Wildman–Crippen LogP) is 5.42. The van der Waals surface area contributed by atoms with E-state index in [0.29, 0.717) is 6.04 Å². The number of para-hydroxylation sites is 1. The zero-order valence-electron chi connectivity index (χ0n) is 16.0. The third kappa shape index (κ3) is 2.96. The average molecular weight is 358 g/mol. The summed E-state index contributed by atoms with van der Waals surface area (Å²) in [6.45, 7) is 4.45. The van der Waals surface area contributed by atoms with Gasteiger partial charge in [-0.25, -0.2) is 0 Å². The van der Waals surface area contributed by atoms with Gasteiger partial charge in [-0.3, -0.25) is 4.90 Å². The highest BCUT2D eigenvalue weighted by Crippen LogP contribution is 2.30. The lowest BCUT2D eigenvalue weighted by molar-refractivity contribution is 0.177. The van der Waals surface area contributed by atoms with Crippen LogP contribution in [0.5, 0.6) is 0 Å². The summed E-state index contributed by atoms with van der Waals surface area (Å²) >= 11 is 0. The van der Waals surface area contributed by atoms with Gasteiger partial charge in [0.15, 0.2) is 0 Å². The van der Waals surface area contributed by atoms with Gasteiger partial charge in [-0.2, -0.15) is 0 Å². The van der Waals surface area contributed by atoms with Crippen molar-refractivity contribution in [3.05, 3.63) is 71.5 Å². The molecule has 1 aliphatic rings. The number of aromatic amines is 2. The maximum absolute atomic E-state index is 3.48. The van der Waals surface area contributed by atoms with Crippen LogP contribution < -0.4 is 0 Å². The lowest BCUT2D eigenvalue weighted by atomic mass is 9.93. The van der Waals surface area contributed by atoms with Gasteiger partial charge in [-0.05, 0) is 48.1 Å². The Labute approximate surface area is 160 Å². The Hall–Kier alpha value is -2.52. The van der Waals surface area contributed by atoms with Gasteiger partial charge in [0.25, 0.3) is 0 Å². The van der Waals surface area contributed by atoms with E-state index in [4.69, 9.17) is 0 Å². The van der Waals surface area contributed by atoms with Gasteiger partial charge in [0.05, 0.1) is 0 Å². The molecule has 0 bridgehead atoms. The molecule has 0 amide bonds. The highest BCUT2D eigenvalue weighted by Gasteiger charge is 2.24. The molecular weight excluding hydrogens is 330 g/mol. The molecule has 2 N–H and O–H groups in total. The van der Waals surface area contributed by atoms with Crippen LogP contribution in [0.15, 0.2) is 54.9 Å². The Bertz CT molecular complexity index is 1070. The van der Waals surface area contributed by atoms with Crippen molar-refractivity contribution < 1.29 is 0 Å². The van der Waals surface area contributed by atoms with Crippen LogP contribution in [-0.4, -0.2) is 27.5 Å². The van der Waals surface area contributed by atoms with Crippen LogP contribution in [-0.2, 0) is 19.4 Å². The summed E-state index contributed by atoms with van der Waals surface area (Å²) in [5, 5.41) is 2.84. The van der Waals surface area contributed by atoms with Crippen LogP contribution in [0, 0.1) is 0 Å². The number of rotatable bonds is 4. The highest BCUT2D eigenvalue weighted by atomic mass is 15.2. The fraction of sp³-hybridized carbons (Fsp3) is 0.333. The Balaban J connectivity index is 1.50. The summed E-state index contributed by atoms with van der Waals surface area (Å²) in [6, 6.07) is 16.0. The molecule has 2 aromatic heterocycles. The van der Waals surface area contributed by atoms with Gasteiger partial charge >= 0.3 is 0 Å². The second-order valence-corrected chi connectivity index (χ2v) is 7.88. The summed E-state index contributed by atoms with van der Waals surface area (Å²) in [6.07, 6.45) is 9.15. The molecule has 1 atom stereocenters. The molecule has 27 heavy (non-hydrogen) atoms. The topological polar surface area (TPSA) is 34.8 Å². The van der Waals surface area contributed by atoms with E-state index in [1.165, 1.54) is 51.3 Å². The van der Waals surface area contributed by atoms with Gasteiger partial charge in [-0.15, -0.1) is 0 Å². The minimum atomic E-state index is 0.595. The number of nitrogens with zero attached hydrogens (tertiary/aromatic N) is 1. The van der Waals surface area contributed by atoms with Gasteiger partial charge < -0.3 is 9.97 Å². The van der Waals surface area contributed by atoms with Crippen molar-refractivity contribution in [2.45, 2.75) is 45.2 Å². The average Bonchev–Trinajstić information content (AvgIpc) is 3.28. The molecular formula is C24H27N3. The molecule has 2 aromatic carbocycles. The van der Waals surface area contributed by atoms with Crippen LogP contribution in [0.1, 0.15) is 36.5 Å². The molecule has 3 heteroatoms. The number of nitrogens with one attached hydrogen (secondary N) is 2. The fourth-order valence-corrected chi connectivity index (χ4v) is 4.84. The van der Waals surface area contributed by atoms with Crippen molar-refractivity contribution in [3.8, 4) is 0 Å². The van der Waals surface area contributed by atoms with Crippen molar-refractivity contribution in [2.75, 3.05) is 6.54 Å². The fourth-order valence-electron chi connectivity index (χ4n) is 4.84.